The van der Waals surface area contributed by atoms with Crippen LogP contribution >= 0.6 is 36.7 Å². The predicted molar refractivity (Wildman–Crippen MR) is 328 cm³/mol. The van der Waals surface area contributed by atoms with Crippen molar-refractivity contribution >= 4 is 114 Å². The first-order valence-electron chi connectivity index (χ1n) is 28.2. The van der Waals surface area contributed by atoms with E-state index in [0.717, 1.165) is 74.8 Å². The topological polar surface area (TPSA) is 9.72 Å². The molecule has 0 aromatic rings. The second-order valence-corrected chi connectivity index (χ2v) is 25.4. The Morgan fingerprint density at radius 2 is 0.373 bits per heavy atom. The van der Waals surface area contributed by atoms with Crippen LogP contribution in [-0.4, -0.2) is 93.1 Å². The van der Waals surface area contributed by atoms with Gasteiger partial charge in [0.05, 0.1) is 0 Å². The molecule has 0 aromatic heterocycles. The van der Waals surface area contributed by atoms with E-state index in [1.54, 1.807) is 0 Å². The number of hydrogen-bond donors (Lipinski definition) is 0. The van der Waals surface area contributed by atoms with Crippen LogP contribution in [0.1, 0.15) is 276 Å². The fourth-order valence-corrected chi connectivity index (χ4v) is 9.23. The molecule has 0 saturated carbocycles. The Kier molecular flexibility index (Phi) is 61.3. The van der Waals surface area contributed by atoms with Crippen molar-refractivity contribution in [2.24, 2.45) is 35.5 Å². The third-order valence-electron chi connectivity index (χ3n) is 12.5. The Hall–Kier alpha value is 1.21. The van der Waals surface area contributed by atoms with Crippen molar-refractivity contribution in [1.82, 2.24) is 14.7 Å². The van der Waals surface area contributed by atoms with Gasteiger partial charge in [-0.1, -0.05) is 250 Å². The van der Waals surface area contributed by atoms with E-state index in [1.165, 1.54) is 193 Å². The smallest absolute Gasteiger partial charge is 0.411 e. The Labute approximate surface area is 474 Å². The van der Waals surface area contributed by atoms with Crippen molar-refractivity contribution in [3.63, 3.8) is 0 Å². The Bertz CT molecular complexity index is 868. The van der Waals surface area contributed by atoms with Crippen LogP contribution in [0.15, 0.2) is 0 Å². The summed E-state index contributed by atoms with van der Waals surface area (Å²) in [7, 11) is 0. The van der Waals surface area contributed by atoms with Crippen LogP contribution in [0.3, 0.4) is 0 Å². The van der Waals surface area contributed by atoms with E-state index in [-0.39, 0.29) is 26.2 Å². The van der Waals surface area contributed by atoms with E-state index < -0.39 is 0 Å². The van der Waals surface area contributed by atoms with Crippen molar-refractivity contribution in [1.29, 1.82) is 0 Å². The molecule has 0 bridgehead atoms. The predicted octanol–water partition coefficient (Wildman–Crippen LogP) is 18.6. The first kappa shape index (κ1) is 74.7. The number of nitrogens with zero attached hydrogens (tertiary/aromatic N) is 3. The van der Waals surface area contributed by atoms with Gasteiger partial charge in [-0.05, 0) is 74.0 Å². The van der Waals surface area contributed by atoms with Gasteiger partial charge in [-0.15, -0.1) is 0 Å². The van der Waals surface area contributed by atoms with Crippen LogP contribution in [0.25, 0.3) is 0 Å². The molecule has 0 amide bonds. The first-order valence-corrected chi connectivity index (χ1v) is 30.6. The van der Waals surface area contributed by atoms with Crippen molar-refractivity contribution in [2.45, 2.75) is 276 Å². The molecule has 0 aliphatic heterocycles. The largest absolute Gasteiger partial charge is 3.00 e. The molecular weight excluding hydrogens is 1130 g/mol. The molecule has 0 spiro atoms. The van der Waals surface area contributed by atoms with Gasteiger partial charge in [-0.3, -0.25) is 0 Å². The first-order chi connectivity index (χ1) is 31.3. The average Bonchev–Trinajstić information content (AvgIpc) is 3.22. The van der Waals surface area contributed by atoms with Gasteiger partial charge in [0.15, 0.2) is 0 Å². The zero-order valence-corrected chi connectivity index (χ0v) is 55.0. The summed E-state index contributed by atoms with van der Waals surface area (Å²) in [5.74, 6) is 5.04. The summed E-state index contributed by atoms with van der Waals surface area (Å²) in [6.07, 6.45) is 39.8. The van der Waals surface area contributed by atoms with Crippen molar-refractivity contribution in [3.05, 3.63) is 0 Å². The van der Waals surface area contributed by atoms with E-state index in [2.05, 4.69) is 97.8 Å². The van der Waals surface area contributed by atoms with Crippen molar-refractivity contribution < 1.29 is 0 Å². The minimum absolute atomic E-state index is 0. The third kappa shape index (κ3) is 63.3. The molecule has 0 heterocycles. The molecular formula is C57H114BiN3S6. The SMILES string of the molecule is CC(C)CCCCCCN(CCCCCCC(C)C)C(=S)[S-].CC(C)CCCCCCN(CCCCCCC(C)C)C(=S)[S-].CC(C)CCCCCCN(CCCCCCC(C)C)C(=S)[S-].[Bi+3]. The maximum atomic E-state index is 5.23. The third-order valence-corrected chi connectivity index (χ3v) is 14.1. The van der Waals surface area contributed by atoms with Gasteiger partial charge < -0.3 is 89.2 Å². The molecule has 0 unspecified atom stereocenters. The van der Waals surface area contributed by atoms with Gasteiger partial charge in [0.25, 0.3) is 0 Å². The number of rotatable bonds is 42. The van der Waals surface area contributed by atoms with Gasteiger partial charge in [-0.25, -0.2) is 0 Å². The van der Waals surface area contributed by atoms with Crippen LogP contribution in [-0.2, 0) is 37.9 Å². The van der Waals surface area contributed by atoms with Crippen LogP contribution < -0.4 is 0 Å². The Balaban J connectivity index is -0.000000441. The number of thiocarbonyl (C=S) groups is 3. The van der Waals surface area contributed by atoms with E-state index >= 15 is 0 Å². The summed E-state index contributed by atoms with van der Waals surface area (Å²) >= 11 is 31.4. The zero-order chi connectivity index (χ0) is 50.4. The van der Waals surface area contributed by atoms with E-state index in [0.29, 0.717) is 13.0 Å². The van der Waals surface area contributed by atoms with Crippen molar-refractivity contribution in [2.75, 3.05) is 39.3 Å². The maximum absolute atomic E-state index is 5.23. The second kappa shape index (κ2) is 55.0. The van der Waals surface area contributed by atoms with Gasteiger partial charge in [-0.2, -0.15) is 0 Å². The molecule has 10 heteroatoms. The minimum atomic E-state index is 0. The molecule has 0 fully saturated rings. The molecule has 0 saturated heterocycles. The Morgan fingerprint density at radius 3 is 0.478 bits per heavy atom. The molecule has 0 aliphatic rings. The summed E-state index contributed by atoms with van der Waals surface area (Å²) in [5.41, 5.74) is 0. The molecule has 0 N–H and O–H groups in total. The second-order valence-electron chi connectivity index (χ2n) is 22.3. The van der Waals surface area contributed by atoms with Gasteiger partial charge >= 0.3 is 26.2 Å². The normalized spacial score (nSPS) is 11.2. The van der Waals surface area contributed by atoms with E-state index in [9.17, 15) is 0 Å². The minimum Gasteiger partial charge on any atom is -0.411 e. The molecule has 398 valence electrons. The van der Waals surface area contributed by atoms with Crippen LogP contribution in [0.2, 0.25) is 0 Å². The fraction of sp³-hybridized carbons (Fsp3) is 0.947. The van der Waals surface area contributed by atoms with E-state index in [4.69, 9.17) is 74.5 Å². The monoisotopic (exact) mass is 1240 g/mol. The molecule has 0 aromatic carbocycles. The van der Waals surface area contributed by atoms with Gasteiger partial charge in [0.2, 0.25) is 0 Å². The summed E-state index contributed by atoms with van der Waals surface area (Å²) < 4.78 is 2.01. The van der Waals surface area contributed by atoms with Crippen LogP contribution in [0.4, 0.5) is 0 Å². The molecule has 2 radical (unpaired) electrons. The van der Waals surface area contributed by atoms with Gasteiger partial charge in [0, 0.05) is 39.3 Å². The number of unbranched alkanes of at least 4 members (excludes halogenated alkanes) is 18. The van der Waals surface area contributed by atoms with Gasteiger partial charge in [0.1, 0.15) is 0 Å². The zero-order valence-electron chi connectivity index (χ0n) is 46.7. The van der Waals surface area contributed by atoms with Crippen molar-refractivity contribution in [3.8, 4) is 0 Å². The fourth-order valence-electron chi connectivity index (χ4n) is 8.14. The average molecular weight is 1240 g/mol. The summed E-state index contributed by atoms with van der Waals surface area (Å²) in [4.78, 5) is 6.74. The standard InChI is InChI=1S/3C19H39NS2.Bi/c3*1-17(2)13-9-5-7-11-15-20(19(21)22)16-12-8-6-10-14-18(3)4;/h3*17-18H,5-16H2,1-4H3,(H,21,22);/q;;;+3/p-3. The Morgan fingerprint density at radius 1 is 0.254 bits per heavy atom. The summed E-state index contributed by atoms with van der Waals surface area (Å²) in [5, 5.41) is 0. The quantitative estimate of drug-likeness (QED) is 0.0254. The summed E-state index contributed by atoms with van der Waals surface area (Å²) in [6.45, 7) is 34.0. The molecule has 3 nitrogen and oxygen atoms in total. The van der Waals surface area contributed by atoms with E-state index in [1.807, 2.05) is 0 Å². The molecule has 0 rings (SSSR count). The molecule has 0 atom stereocenters. The number of hydrogen-bond acceptors (Lipinski definition) is 6. The summed E-state index contributed by atoms with van der Waals surface area (Å²) in [6, 6.07) is 0. The van der Waals surface area contributed by atoms with Crippen LogP contribution in [0.5, 0.6) is 0 Å². The van der Waals surface area contributed by atoms with Crippen LogP contribution in [0, 0.1) is 35.5 Å². The molecule has 0 aliphatic carbocycles. The molecule has 67 heavy (non-hydrogen) atoms. The maximum Gasteiger partial charge on any atom is 3.00 e.